The van der Waals surface area contributed by atoms with E-state index in [1.165, 1.54) is 6.42 Å². The molecule has 0 spiro atoms. The summed E-state index contributed by atoms with van der Waals surface area (Å²) in [5.41, 5.74) is 0.106. The van der Waals surface area contributed by atoms with E-state index in [-0.39, 0.29) is 22.3 Å². The first-order valence-electron chi connectivity index (χ1n) is 7.49. The molecule has 2 heterocycles. The summed E-state index contributed by atoms with van der Waals surface area (Å²) in [6.07, 6.45) is 2.30. The zero-order valence-corrected chi connectivity index (χ0v) is 14.5. The predicted molar refractivity (Wildman–Crippen MR) is 85.0 cm³/mol. The van der Waals surface area contributed by atoms with Crippen molar-refractivity contribution in [3.8, 4) is 6.01 Å². The fraction of sp³-hybridized carbons (Fsp3) is 0.800. The van der Waals surface area contributed by atoms with E-state index in [2.05, 4.69) is 47.5 Å². The minimum atomic E-state index is -0.0645. The third-order valence-corrected chi connectivity index (χ3v) is 4.84. The van der Waals surface area contributed by atoms with Crippen molar-refractivity contribution in [2.45, 2.75) is 66.0 Å². The smallest absolute Gasteiger partial charge is 0.322 e. The van der Waals surface area contributed by atoms with Crippen LogP contribution in [-0.2, 0) is 0 Å². The molecule has 1 saturated heterocycles. The first kappa shape index (κ1) is 16.3. The fourth-order valence-electron chi connectivity index (χ4n) is 2.69. The van der Waals surface area contributed by atoms with Gasteiger partial charge in [0.2, 0.25) is 11.2 Å². The van der Waals surface area contributed by atoms with Crippen molar-refractivity contribution in [3.05, 3.63) is 5.28 Å². The molecule has 0 N–H and O–H groups in total. The molecule has 118 valence electrons. The van der Waals surface area contributed by atoms with E-state index in [4.69, 9.17) is 16.3 Å². The van der Waals surface area contributed by atoms with Crippen LogP contribution in [0.2, 0.25) is 5.28 Å². The molecule has 1 aliphatic heterocycles. The second-order valence-electron chi connectivity index (χ2n) is 7.05. The number of aromatic nitrogens is 3. The zero-order chi connectivity index (χ0) is 15.8. The maximum Gasteiger partial charge on any atom is 0.322 e. The maximum absolute atomic E-state index is 6.05. The van der Waals surface area contributed by atoms with Crippen LogP contribution in [0.1, 0.15) is 54.4 Å². The van der Waals surface area contributed by atoms with Gasteiger partial charge in [-0.3, -0.25) is 0 Å². The van der Waals surface area contributed by atoms with Crippen molar-refractivity contribution >= 4 is 17.5 Å². The van der Waals surface area contributed by atoms with Crippen molar-refractivity contribution in [2.75, 3.05) is 11.4 Å². The van der Waals surface area contributed by atoms with Crippen LogP contribution in [0.4, 0.5) is 5.95 Å². The molecule has 0 atom stereocenters. The molecule has 0 bridgehead atoms. The SMILES string of the molecule is CC(C)Oc1nc(Cl)nc(N2CCCC(C)(C)C2(C)C)n1. The van der Waals surface area contributed by atoms with E-state index in [0.717, 1.165) is 13.0 Å². The zero-order valence-electron chi connectivity index (χ0n) is 13.8. The van der Waals surface area contributed by atoms with E-state index >= 15 is 0 Å². The molecule has 5 nitrogen and oxygen atoms in total. The molecule has 6 heteroatoms. The van der Waals surface area contributed by atoms with Crippen molar-refractivity contribution in [3.63, 3.8) is 0 Å². The largest absolute Gasteiger partial charge is 0.461 e. The average molecular weight is 313 g/mol. The minimum absolute atomic E-state index is 0.00197. The van der Waals surface area contributed by atoms with Gasteiger partial charge in [-0.15, -0.1) is 0 Å². The summed E-state index contributed by atoms with van der Waals surface area (Å²) in [5, 5.41) is 0.176. The van der Waals surface area contributed by atoms with E-state index in [1.54, 1.807) is 0 Å². The monoisotopic (exact) mass is 312 g/mol. The Kier molecular flexibility index (Phi) is 4.34. The third kappa shape index (κ3) is 3.23. The number of anilines is 1. The van der Waals surface area contributed by atoms with Gasteiger partial charge in [-0.2, -0.15) is 15.0 Å². The summed E-state index contributed by atoms with van der Waals surface area (Å²) >= 11 is 6.05. The van der Waals surface area contributed by atoms with Gasteiger partial charge in [0.25, 0.3) is 0 Å². The van der Waals surface area contributed by atoms with Gasteiger partial charge in [-0.1, -0.05) is 13.8 Å². The lowest BCUT2D eigenvalue weighted by atomic mass is 9.68. The highest BCUT2D eigenvalue weighted by Crippen LogP contribution is 2.44. The Morgan fingerprint density at radius 2 is 1.81 bits per heavy atom. The van der Waals surface area contributed by atoms with Crippen molar-refractivity contribution in [1.82, 2.24) is 15.0 Å². The molecule has 21 heavy (non-hydrogen) atoms. The van der Waals surface area contributed by atoms with Gasteiger partial charge < -0.3 is 9.64 Å². The molecular formula is C15H25ClN4O. The lowest BCUT2D eigenvalue weighted by Gasteiger charge is -2.53. The molecule has 1 aromatic heterocycles. The first-order valence-corrected chi connectivity index (χ1v) is 7.87. The Hall–Kier alpha value is -1.10. The second-order valence-corrected chi connectivity index (χ2v) is 7.39. The Bertz CT molecular complexity index is 516. The maximum atomic E-state index is 6.05. The highest BCUT2D eigenvalue weighted by molar-refractivity contribution is 6.28. The van der Waals surface area contributed by atoms with Gasteiger partial charge in [0, 0.05) is 12.1 Å². The van der Waals surface area contributed by atoms with Crippen molar-refractivity contribution in [2.24, 2.45) is 5.41 Å². The normalized spacial score (nSPS) is 20.7. The van der Waals surface area contributed by atoms with Crippen molar-refractivity contribution < 1.29 is 4.74 Å². The molecule has 0 aromatic carbocycles. The number of nitrogens with zero attached hydrogens (tertiary/aromatic N) is 4. The van der Waals surface area contributed by atoms with Gasteiger partial charge in [0.15, 0.2) is 0 Å². The summed E-state index contributed by atoms with van der Waals surface area (Å²) in [6, 6.07) is 0.291. The van der Waals surface area contributed by atoms with Crippen LogP contribution in [0.5, 0.6) is 6.01 Å². The van der Waals surface area contributed by atoms with Crippen LogP contribution in [0.15, 0.2) is 0 Å². The quantitative estimate of drug-likeness (QED) is 0.851. The van der Waals surface area contributed by atoms with Gasteiger partial charge >= 0.3 is 6.01 Å². The molecule has 0 unspecified atom stereocenters. The van der Waals surface area contributed by atoms with E-state index in [9.17, 15) is 0 Å². The average Bonchev–Trinajstić information content (AvgIpc) is 2.30. The summed E-state index contributed by atoms with van der Waals surface area (Å²) in [7, 11) is 0. The molecule has 0 aliphatic carbocycles. The fourth-order valence-corrected chi connectivity index (χ4v) is 2.83. The Balaban J connectivity index is 2.38. The number of halogens is 1. The Morgan fingerprint density at radius 1 is 1.14 bits per heavy atom. The first-order chi connectivity index (χ1) is 9.63. The van der Waals surface area contributed by atoms with Crippen LogP contribution in [-0.4, -0.2) is 33.1 Å². The van der Waals surface area contributed by atoms with Crippen LogP contribution in [0, 0.1) is 5.41 Å². The van der Waals surface area contributed by atoms with E-state index < -0.39 is 0 Å². The topological polar surface area (TPSA) is 51.1 Å². The van der Waals surface area contributed by atoms with Crippen molar-refractivity contribution in [1.29, 1.82) is 0 Å². The van der Waals surface area contributed by atoms with Gasteiger partial charge in [0.05, 0.1) is 6.10 Å². The minimum Gasteiger partial charge on any atom is -0.461 e. The van der Waals surface area contributed by atoms with Gasteiger partial charge in [-0.25, -0.2) is 0 Å². The highest BCUT2D eigenvalue weighted by Gasteiger charge is 2.45. The van der Waals surface area contributed by atoms with Gasteiger partial charge in [0.1, 0.15) is 0 Å². The molecule has 0 radical (unpaired) electrons. The number of hydrogen-bond donors (Lipinski definition) is 0. The molecule has 1 aromatic rings. The molecule has 2 rings (SSSR count). The lowest BCUT2D eigenvalue weighted by Crippen LogP contribution is -2.58. The highest BCUT2D eigenvalue weighted by atomic mass is 35.5. The molecule has 0 amide bonds. The lowest BCUT2D eigenvalue weighted by molar-refractivity contribution is 0.137. The van der Waals surface area contributed by atoms with Crippen LogP contribution < -0.4 is 9.64 Å². The predicted octanol–water partition coefficient (Wildman–Crippen LogP) is 3.72. The number of rotatable bonds is 3. The van der Waals surface area contributed by atoms with E-state index in [1.807, 2.05) is 13.8 Å². The number of hydrogen-bond acceptors (Lipinski definition) is 5. The molecular weight excluding hydrogens is 288 g/mol. The van der Waals surface area contributed by atoms with Crippen LogP contribution >= 0.6 is 11.6 Å². The molecule has 1 fully saturated rings. The summed E-state index contributed by atoms with van der Waals surface area (Å²) in [6.45, 7) is 13.8. The summed E-state index contributed by atoms with van der Waals surface area (Å²) in [5.74, 6) is 0.600. The molecule has 0 saturated carbocycles. The summed E-state index contributed by atoms with van der Waals surface area (Å²) in [4.78, 5) is 15.0. The van der Waals surface area contributed by atoms with Crippen LogP contribution in [0.3, 0.4) is 0 Å². The molecule has 1 aliphatic rings. The summed E-state index contributed by atoms with van der Waals surface area (Å²) < 4.78 is 5.57. The Labute approximate surface area is 132 Å². The Morgan fingerprint density at radius 3 is 2.43 bits per heavy atom. The third-order valence-electron chi connectivity index (χ3n) is 4.67. The van der Waals surface area contributed by atoms with E-state index in [0.29, 0.717) is 12.0 Å². The second kappa shape index (κ2) is 5.59. The number of piperidine rings is 1. The standard InChI is InChI=1S/C15H25ClN4O/c1-10(2)21-13-18-11(16)17-12(19-13)20-9-7-8-14(3,4)15(20,5)6/h10H,7-9H2,1-6H3. The van der Waals surface area contributed by atoms with Crippen LogP contribution in [0.25, 0.3) is 0 Å². The number of ether oxygens (including phenoxy) is 1. The van der Waals surface area contributed by atoms with Gasteiger partial charge in [-0.05, 0) is 57.6 Å².